The first-order chi connectivity index (χ1) is 8.70. The van der Waals surface area contributed by atoms with Crippen LogP contribution in [0.3, 0.4) is 0 Å². The van der Waals surface area contributed by atoms with Crippen LogP contribution in [0.25, 0.3) is 0 Å². The number of carbonyl (C=O) groups excluding carboxylic acids is 1. The van der Waals surface area contributed by atoms with E-state index in [2.05, 4.69) is 21.4 Å². The number of benzene rings is 1. The third-order valence-corrected chi connectivity index (χ3v) is 3.70. The normalized spacial score (nSPS) is 15.1. The van der Waals surface area contributed by atoms with E-state index in [1.807, 2.05) is 6.07 Å². The Morgan fingerprint density at radius 2 is 2.17 bits per heavy atom. The molecule has 5 heteroatoms. The Kier molecular flexibility index (Phi) is 4.21. The largest absolute Gasteiger partial charge is 0.343 e. The molecule has 1 aliphatic carbocycles. The van der Waals surface area contributed by atoms with Crippen molar-refractivity contribution in [1.82, 2.24) is 0 Å². The smallest absolute Gasteiger partial charge is 0.335 e. The van der Waals surface area contributed by atoms with Gasteiger partial charge in [-0.3, -0.25) is 0 Å². The third-order valence-electron chi connectivity index (χ3n) is 3.05. The van der Waals surface area contributed by atoms with E-state index in [0.29, 0.717) is 15.7 Å². The lowest BCUT2D eigenvalue weighted by Crippen LogP contribution is -2.18. The molecule has 2 rings (SSSR count). The van der Waals surface area contributed by atoms with Crippen LogP contribution in [-0.2, 0) is 9.63 Å². The van der Waals surface area contributed by atoms with Crippen molar-refractivity contribution in [3.63, 3.8) is 0 Å². The lowest BCUT2D eigenvalue weighted by Gasteiger charge is -2.11. The van der Waals surface area contributed by atoms with Crippen molar-refractivity contribution in [2.45, 2.75) is 25.7 Å². The number of rotatable bonds is 3. The highest BCUT2D eigenvalue weighted by Crippen LogP contribution is 2.27. The molecule has 0 radical (unpaired) electrons. The number of hydrogen-bond acceptors (Lipinski definition) is 4. The van der Waals surface area contributed by atoms with Crippen LogP contribution >= 0.6 is 15.9 Å². The van der Waals surface area contributed by atoms with Crippen molar-refractivity contribution in [2.24, 2.45) is 5.92 Å². The first-order valence-electron chi connectivity index (χ1n) is 5.87. The summed E-state index contributed by atoms with van der Waals surface area (Å²) in [5.74, 6) is -0.182. The molecule has 0 atom stereocenters. The molecule has 4 nitrogen and oxygen atoms in total. The van der Waals surface area contributed by atoms with E-state index in [0.717, 1.165) is 25.7 Å². The van der Waals surface area contributed by atoms with Gasteiger partial charge in [-0.2, -0.15) is 5.26 Å². The van der Waals surface area contributed by atoms with Gasteiger partial charge in [0.1, 0.15) is 0 Å². The van der Waals surface area contributed by atoms with Gasteiger partial charge < -0.3 is 4.84 Å². The van der Waals surface area contributed by atoms with Crippen molar-refractivity contribution in [2.75, 3.05) is 5.48 Å². The Labute approximate surface area is 114 Å². The van der Waals surface area contributed by atoms with E-state index in [1.54, 1.807) is 18.2 Å². The van der Waals surface area contributed by atoms with E-state index in [-0.39, 0.29) is 11.9 Å². The Hall–Kier alpha value is -1.54. The monoisotopic (exact) mass is 308 g/mol. The molecule has 18 heavy (non-hydrogen) atoms. The number of carbonyl (C=O) groups is 1. The van der Waals surface area contributed by atoms with Crippen LogP contribution in [0.1, 0.15) is 31.2 Å². The van der Waals surface area contributed by atoms with Gasteiger partial charge in [0.15, 0.2) is 0 Å². The fourth-order valence-electron chi connectivity index (χ4n) is 2.02. The van der Waals surface area contributed by atoms with Gasteiger partial charge in [0.05, 0.1) is 23.2 Å². The number of hydrogen-bond donors (Lipinski definition) is 1. The number of nitrogens with zero attached hydrogens (tertiary/aromatic N) is 1. The first-order valence-corrected chi connectivity index (χ1v) is 6.66. The standard InChI is InChI=1S/C13H13BrN2O2/c14-11-7-9(8-15)5-6-12(11)16-18-13(17)10-3-1-2-4-10/h5-7,10,16H,1-4H2. The minimum absolute atomic E-state index is 0.0228. The minimum atomic E-state index is -0.205. The molecule has 0 aliphatic heterocycles. The molecule has 0 saturated heterocycles. The van der Waals surface area contributed by atoms with Crippen LogP contribution in [0.4, 0.5) is 5.69 Å². The molecule has 1 N–H and O–H groups in total. The topological polar surface area (TPSA) is 62.1 Å². The van der Waals surface area contributed by atoms with E-state index < -0.39 is 0 Å². The summed E-state index contributed by atoms with van der Waals surface area (Å²) < 4.78 is 0.695. The lowest BCUT2D eigenvalue weighted by atomic mass is 10.1. The zero-order valence-electron chi connectivity index (χ0n) is 9.78. The van der Waals surface area contributed by atoms with Gasteiger partial charge in [0.25, 0.3) is 0 Å². The fourth-order valence-corrected chi connectivity index (χ4v) is 2.48. The summed E-state index contributed by atoms with van der Waals surface area (Å²) in [6, 6.07) is 7.07. The van der Waals surface area contributed by atoms with Crippen molar-refractivity contribution in [3.05, 3.63) is 28.2 Å². The minimum Gasteiger partial charge on any atom is -0.343 e. The summed E-state index contributed by atoms with van der Waals surface area (Å²) in [7, 11) is 0. The number of halogens is 1. The van der Waals surface area contributed by atoms with Crippen LogP contribution < -0.4 is 5.48 Å². The second-order valence-corrected chi connectivity index (χ2v) is 5.17. The summed E-state index contributed by atoms with van der Waals surface area (Å²) in [6.45, 7) is 0. The predicted octanol–water partition coefficient (Wildman–Crippen LogP) is 3.38. The summed E-state index contributed by atoms with van der Waals surface area (Å²) in [5, 5.41) is 8.74. The molecule has 1 aromatic rings. The highest BCUT2D eigenvalue weighted by Gasteiger charge is 2.24. The fraction of sp³-hybridized carbons (Fsp3) is 0.385. The molecule has 94 valence electrons. The second kappa shape index (κ2) is 5.87. The molecule has 0 heterocycles. The highest BCUT2D eigenvalue weighted by atomic mass is 79.9. The average molecular weight is 309 g/mol. The second-order valence-electron chi connectivity index (χ2n) is 4.31. The van der Waals surface area contributed by atoms with Crippen molar-refractivity contribution in [1.29, 1.82) is 5.26 Å². The molecule has 0 aromatic heterocycles. The maximum Gasteiger partial charge on any atom is 0.335 e. The summed E-state index contributed by atoms with van der Waals surface area (Å²) in [5.41, 5.74) is 3.82. The van der Waals surface area contributed by atoms with Crippen LogP contribution in [0.2, 0.25) is 0 Å². The van der Waals surface area contributed by atoms with Gasteiger partial charge in [0, 0.05) is 4.47 Å². The Bertz CT molecular complexity index is 490. The molecule has 0 amide bonds. The average Bonchev–Trinajstić information content (AvgIpc) is 2.90. The van der Waals surface area contributed by atoms with Gasteiger partial charge in [-0.1, -0.05) is 12.8 Å². The van der Waals surface area contributed by atoms with Crippen molar-refractivity contribution < 1.29 is 9.63 Å². The zero-order valence-corrected chi connectivity index (χ0v) is 11.4. The molecular formula is C13H13BrN2O2. The molecule has 1 fully saturated rings. The van der Waals surface area contributed by atoms with Crippen molar-refractivity contribution >= 4 is 27.6 Å². The van der Waals surface area contributed by atoms with E-state index in [4.69, 9.17) is 10.1 Å². The van der Waals surface area contributed by atoms with Crippen LogP contribution in [0.15, 0.2) is 22.7 Å². The van der Waals surface area contributed by atoms with E-state index >= 15 is 0 Å². The molecule has 1 saturated carbocycles. The van der Waals surface area contributed by atoms with Crippen LogP contribution in [-0.4, -0.2) is 5.97 Å². The molecular weight excluding hydrogens is 296 g/mol. The maximum absolute atomic E-state index is 11.7. The number of nitriles is 1. The quantitative estimate of drug-likeness (QED) is 0.870. The van der Waals surface area contributed by atoms with Crippen molar-refractivity contribution in [3.8, 4) is 6.07 Å². The first kappa shape index (κ1) is 12.9. The third kappa shape index (κ3) is 3.02. The van der Waals surface area contributed by atoms with E-state index in [1.165, 1.54) is 0 Å². The van der Waals surface area contributed by atoms with Gasteiger partial charge in [-0.05, 0) is 47.0 Å². The SMILES string of the molecule is N#Cc1ccc(NOC(=O)C2CCCC2)c(Br)c1. The maximum atomic E-state index is 11.7. The van der Waals surface area contributed by atoms with Gasteiger partial charge >= 0.3 is 5.97 Å². The lowest BCUT2D eigenvalue weighted by molar-refractivity contribution is -0.145. The zero-order chi connectivity index (χ0) is 13.0. The molecule has 1 aromatic carbocycles. The van der Waals surface area contributed by atoms with E-state index in [9.17, 15) is 4.79 Å². The predicted molar refractivity (Wildman–Crippen MR) is 70.5 cm³/mol. The Balaban J connectivity index is 1.94. The highest BCUT2D eigenvalue weighted by molar-refractivity contribution is 9.10. The Morgan fingerprint density at radius 3 is 2.78 bits per heavy atom. The molecule has 0 spiro atoms. The molecule has 0 unspecified atom stereocenters. The van der Waals surface area contributed by atoms with Gasteiger partial charge in [-0.25, -0.2) is 10.3 Å². The van der Waals surface area contributed by atoms with Gasteiger partial charge in [0.2, 0.25) is 0 Å². The molecule has 0 bridgehead atoms. The number of anilines is 1. The van der Waals surface area contributed by atoms with Gasteiger partial charge in [-0.15, -0.1) is 0 Å². The summed E-state index contributed by atoms with van der Waals surface area (Å²) in [6.07, 6.45) is 4.02. The molecule has 1 aliphatic rings. The number of nitrogens with one attached hydrogen (secondary N) is 1. The summed E-state index contributed by atoms with van der Waals surface area (Å²) >= 11 is 3.32. The summed E-state index contributed by atoms with van der Waals surface area (Å²) in [4.78, 5) is 16.8. The van der Waals surface area contributed by atoms with Crippen LogP contribution in [0.5, 0.6) is 0 Å². The Morgan fingerprint density at radius 1 is 1.44 bits per heavy atom. The van der Waals surface area contributed by atoms with Crippen LogP contribution in [0, 0.1) is 17.2 Å².